The van der Waals surface area contributed by atoms with Crippen molar-refractivity contribution in [3.05, 3.63) is 76.5 Å². The monoisotopic (exact) mass is 326 g/mol. The van der Waals surface area contributed by atoms with Gasteiger partial charge in [0.05, 0.1) is 19.4 Å². The van der Waals surface area contributed by atoms with E-state index in [-0.39, 0.29) is 0 Å². The summed E-state index contributed by atoms with van der Waals surface area (Å²) in [5.41, 5.74) is 4.30. The number of methoxy groups -OCH3 is 1. The number of esters is 1. The second-order valence-electron chi connectivity index (χ2n) is 5.04. The van der Waals surface area contributed by atoms with Crippen molar-refractivity contribution in [2.24, 2.45) is 4.99 Å². The van der Waals surface area contributed by atoms with Crippen LogP contribution in [0.15, 0.2) is 65.3 Å². The number of benzene rings is 2. The van der Waals surface area contributed by atoms with Crippen LogP contribution in [0.4, 0.5) is 5.69 Å². The lowest BCUT2D eigenvalue weighted by atomic mass is 10.0. The Balaban J connectivity index is 2.09. The summed E-state index contributed by atoms with van der Waals surface area (Å²) in [6.45, 7) is 0.353. The van der Waals surface area contributed by atoms with Crippen molar-refractivity contribution in [1.29, 1.82) is 0 Å². The van der Waals surface area contributed by atoms with E-state index in [1.807, 2.05) is 48.5 Å². The number of carbonyl (C=O) groups excluding carboxylic acids is 1. The van der Waals surface area contributed by atoms with Gasteiger partial charge in [-0.3, -0.25) is 4.99 Å². The van der Waals surface area contributed by atoms with E-state index in [4.69, 9.17) is 11.6 Å². The van der Waals surface area contributed by atoms with Crippen LogP contribution < -0.4 is 5.32 Å². The van der Waals surface area contributed by atoms with Gasteiger partial charge in [-0.05, 0) is 18.2 Å². The summed E-state index contributed by atoms with van der Waals surface area (Å²) in [4.78, 5) is 16.2. The third kappa shape index (κ3) is 3.43. The van der Waals surface area contributed by atoms with Crippen LogP contribution in [0.5, 0.6) is 0 Å². The topological polar surface area (TPSA) is 50.7 Å². The van der Waals surface area contributed by atoms with Gasteiger partial charge in [-0.2, -0.15) is 0 Å². The Morgan fingerprint density at radius 2 is 2.09 bits per heavy atom. The van der Waals surface area contributed by atoms with Crippen molar-refractivity contribution in [2.45, 2.75) is 0 Å². The van der Waals surface area contributed by atoms with Gasteiger partial charge in [0, 0.05) is 33.6 Å². The van der Waals surface area contributed by atoms with Gasteiger partial charge >= 0.3 is 5.97 Å². The molecule has 23 heavy (non-hydrogen) atoms. The van der Waals surface area contributed by atoms with Crippen LogP contribution in [0.2, 0.25) is 5.02 Å². The van der Waals surface area contributed by atoms with Gasteiger partial charge in [0.15, 0.2) is 0 Å². The number of carbonyl (C=O) groups is 1. The number of fused-ring (bicyclic) bond motifs is 1. The minimum Gasteiger partial charge on any atom is -0.466 e. The molecule has 1 heterocycles. The molecule has 0 fully saturated rings. The van der Waals surface area contributed by atoms with Crippen molar-refractivity contribution >= 4 is 29.0 Å². The molecule has 1 N–H and O–H groups in total. The van der Waals surface area contributed by atoms with Crippen LogP contribution >= 0.6 is 11.6 Å². The molecule has 0 spiro atoms. The van der Waals surface area contributed by atoms with Gasteiger partial charge in [0.1, 0.15) is 0 Å². The lowest BCUT2D eigenvalue weighted by Gasteiger charge is -2.11. The summed E-state index contributed by atoms with van der Waals surface area (Å²) < 4.78 is 4.69. The summed E-state index contributed by atoms with van der Waals surface area (Å²) in [5, 5.41) is 3.91. The molecular formula is C18H15ClN2O2. The van der Waals surface area contributed by atoms with E-state index in [0.717, 1.165) is 22.5 Å². The van der Waals surface area contributed by atoms with Crippen molar-refractivity contribution in [1.82, 2.24) is 0 Å². The molecule has 0 bridgehead atoms. The molecule has 0 amide bonds. The molecule has 2 aromatic rings. The molecular weight excluding hydrogens is 312 g/mol. The van der Waals surface area contributed by atoms with E-state index in [0.29, 0.717) is 17.3 Å². The van der Waals surface area contributed by atoms with Crippen LogP contribution in [0.3, 0.4) is 0 Å². The Hall–Kier alpha value is -2.59. The normalized spacial score (nSPS) is 15.2. The number of benzodiazepines with no additional fused rings is 1. The Kier molecular flexibility index (Phi) is 4.44. The summed E-state index contributed by atoms with van der Waals surface area (Å²) in [5.74, 6) is -0.411. The molecule has 2 aromatic carbocycles. The van der Waals surface area contributed by atoms with Crippen molar-refractivity contribution in [3.63, 3.8) is 0 Å². The number of ether oxygens (including phenoxy) is 1. The van der Waals surface area contributed by atoms with Gasteiger partial charge in [-0.25, -0.2) is 4.79 Å². The number of anilines is 1. The zero-order valence-electron chi connectivity index (χ0n) is 12.5. The Bertz CT molecular complexity index is 812. The largest absolute Gasteiger partial charge is 0.466 e. The van der Waals surface area contributed by atoms with Crippen molar-refractivity contribution in [3.8, 4) is 0 Å². The van der Waals surface area contributed by atoms with Crippen LogP contribution in [-0.4, -0.2) is 25.3 Å². The summed E-state index contributed by atoms with van der Waals surface area (Å²) in [7, 11) is 1.35. The average Bonchev–Trinajstić information content (AvgIpc) is 2.74. The van der Waals surface area contributed by atoms with Crippen molar-refractivity contribution in [2.75, 3.05) is 19.0 Å². The van der Waals surface area contributed by atoms with Crippen LogP contribution in [0.25, 0.3) is 0 Å². The zero-order valence-corrected chi connectivity index (χ0v) is 13.3. The molecule has 0 aliphatic carbocycles. The van der Waals surface area contributed by atoms with Gasteiger partial charge in [0.25, 0.3) is 0 Å². The maximum absolute atomic E-state index is 11.5. The quantitative estimate of drug-likeness (QED) is 0.677. The first-order chi connectivity index (χ1) is 11.2. The van der Waals surface area contributed by atoms with Gasteiger partial charge in [0.2, 0.25) is 0 Å². The molecule has 0 saturated heterocycles. The minimum absolute atomic E-state index is 0.353. The second-order valence-corrected chi connectivity index (χ2v) is 5.47. The fraction of sp³-hybridized carbons (Fsp3) is 0.111. The highest BCUT2D eigenvalue weighted by atomic mass is 35.5. The SMILES string of the molecule is COC(=O)C=C1CN=C(c2cccc(Cl)c2)c2ccccc2N1. The molecule has 3 rings (SSSR count). The summed E-state index contributed by atoms with van der Waals surface area (Å²) in [6.07, 6.45) is 1.42. The Labute approximate surface area is 139 Å². The van der Waals surface area contributed by atoms with Gasteiger partial charge in [-0.15, -0.1) is 0 Å². The lowest BCUT2D eigenvalue weighted by Crippen LogP contribution is -2.06. The fourth-order valence-corrected chi connectivity index (χ4v) is 2.62. The Morgan fingerprint density at radius 3 is 2.87 bits per heavy atom. The number of hydrogen-bond acceptors (Lipinski definition) is 4. The lowest BCUT2D eigenvalue weighted by molar-refractivity contribution is -0.134. The fourth-order valence-electron chi connectivity index (χ4n) is 2.43. The standard InChI is InChI=1S/C18H15ClN2O2/c1-23-17(22)10-14-11-20-18(12-5-4-6-13(19)9-12)15-7-2-3-8-16(15)21-14/h2-10,21H,11H2,1H3. The number of rotatable bonds is 2. The molecule has 0 aromatic heterocycles. The number of aliphatic imine (C=N–C) groups is 1. The van der Waals surface area contributed by atoms with E-state index in [9.17, 15) is 4.79 Å². The van der Waals surface area contributed by atoms with Crippen LogP contribution in [0.1, 0.15) is 11.1 Å². The molecule has 116 valence electrons. The van der Waals surface area contributed by atoms with Crippen LogP contribution in [-0.2, 0) is 9.53 Å². The van der Waals surface area contributed by atoms with Gasteiger partial charge < -0.3 is 10.1 Å². The van der Waals surface area contributed by atoms with Crippen molar-refractivity contribution < 1.29 is 9.53 Å². The van der Waals surface area contributed by atoms with E-state index in [1.54, 1.807) is 0 Å². The first kappa shape index (κ1) is 15.3. The predicted octanol–water partition coefficient (Wildman–Crippen LogP) is 3.66. The summed E-state index contributed by atoms with van der Waals surface area (Å²) >= 11 is 6.11. The molecule has 0 atom stereocenters. The predicted molar refractivity (Wildman–Crippen MR) is 92.1 cm³/mol. The zero-order chi connectivity index (χ0) is 16.2. The van der Waals surface area contributed by atoms with Crippen LogP contribution in [0, 0.1) is 0 Å². The first-order valence-electron chi connectivity index (χ1n) is 7.12. The third-order valence-corrected chi connectivity index (χ3v) is 3.71. The molecule has 0 saturated carbocycles. The molecule has 0 radical (unpaired) electrons. The summed E-state index contributed by atoms with van der Waals surface area (Å²) in [6, 6.07) is 15.4. The number of hydrogen-bond donors (Lipinski definition) is 1. The highest BCUT2D eigenvalue weighted by Crippen LogP contribution is 2.25. The number of halogens is 1. The third-order valence-electron chi connectivity index (χ3n) is 3.48. The maximum atomic E-state index is 11.5. The molecule has 1 aliphatic rings. The van der Waals surface area contributed by atoms with E-state index < -0.39 is 5.97 Å². The van der Waals surface area contributed by atoms with E-state index in [1.165, 1.54) is 13.2 Å². The highest BCUT2D eigenvalue weighted by Gasteiger charge is 2.16. The first-order valence-corrected chi connectivity index (χ1v) is 7.50. The number of nitrogens with one attached hydrogen (secondary N) is 1. The maximum Gasteiger partial charge on any atom is 0.332 e. The minimum atomic E-state index is -0.411. The smallest absolute Gasteiger partial charge is 0.332 e. The number of para-hydroxylation sites is 1. The second kappa shape index (κ2) is 6.67. The van der Waals surface area contributed by atoms with Gasteiger partial charge in [-0.1, -0.05) is 41.9 Å². The molecule has 0 unspecified atom stereocenters. The number of nitrogens with zero attached hydrogens (tertiary/aromatic N) is 1. The van der Waals surface area contributed by atoms with E-state index >= 15 is 0 Å². The highest BCUT2D eigenvalue weighted by molar-refractivity contribution is 6.31. The van der Waals surface area contributed by atoms with E-state index in [2.05, 4.69) is 15.0 Å². The average molecular weight is 327 g/mol. The Morgan fingerprint density at radius 1 is 1.26 bits per heavy atom. The molecule has 5 heteroatoms. The molecule has 4 nitrogen and oxygen atoms in total. The molecule has 1 aliphatic heterocycles.